The van der Waals surface area contributed by atoms with E-state index in [0.29, 0.717) is 54.2 Å². The summed E-state index contributed by atoms with van der Waals surface area (Å²) in [6.07, 6.45) is 2.79. The van der Waals surface area contributed by atoms with E-state index in [1.165, 1.54) is 6.08 Å². The SMILES string of the molecule is [2H]C1[C@@H](C)N(C(=O)C=C)C[C@H]2CN3C[C@@H](CN(C)C)Oc4nc5c(F)c(-c6c(C)ccc7cn[nH]c67)c(Cl)cc5c(c43)N12. The second-order valence-corrected chi connectivity index (χ2v) is 12.1. The molecule has 9 nitrogen and oxygen atoms in total. The summed E-state index contributed by atoms with van der Waals surface area (Å²) in [6, 6.07) is 4.97. The van der Waals surface area contributed by atoms with Crippen molar-refractivity contribution in [1.29, 1.82) is 0 Å². The number of H-pyrrole nitrogens is 1. The maximum absolute atomic E-state index is 17.0. The third-order valence-corrected chi connectivity index (χ3v) is 8.86. The van der Waals surface area contributed by atoms with Crippen molar-refractivity contribution in [3.63, 3.8) is 0 Å². The fraction of sp³-hybridized carbons (Fsp3) is 0.387. The van der Waals surface area contributed by atoms with Crippen LogP contribution in [-0.4, -0.2) is 95.9 Å². The fourth-order valence-electron chi connectivity index (χ4n) is 6.76. The summed E-state index contributed by atoms with van der Waals surface area (Å²) in [5, 5.41) is 8.76. The zero-order valence-corrected chi connectivity index (χ0v) is 24.7. The summed E-state index contributed by atoms with van der Waals surface area (Å²) in [4.78, 5) is 25.6. The summed E-state index contributed by atoms with van der Waals surface area (Å²) in [5.41, 5.74) is 3.93. The molecule has 0 bridgehead atoms. The van der Waals surface area contributed by atoms with Gasteiger partial charge in [0.15, 0.2) is 5.82 Å². The Balaban J connectivity index is 1.49. The largest absolute Gasteiger partial charge is 0.470 e. The Morgan fingerprint density at radius 2 is 2.12 bits per heavy atom. The van der Waals surface area contributed by atoms with Crippen LogP contribution in [0.3, 0.4) is 0 Å². The molecule has 1 N–H and O–H groups in total. The summed E-state index contributed by atoms with van der Waals surface area (Å²) in [7, 11) is 3.96. The number of aryl methyl sites for hydroxylation is 1. The number of pyridine rings is 1. The van der Waals surface area contributed by atoms with Crippen LogP contribution in [0.2, 0.25) is 5.02 Å². The number of likely N-dealkylation sites (N-methyl/N-ethyl adjacent to an activating group) is 1. The number of rotatable bonds is 4. The van der Waals surface area contributed by atoms with Gasteiger partial charge in [-0.25, -0.2) is 9.37 Å². The quantitative estimate of drug-likeness (QED) is 0.348. The van der Waals surface area contributed by atoms with Crippen molar-refractivity contribution in [2.24, 2.45) is 0 Å². The Kier molecular flexibility index (Phi) is 6.05. The van der Waals surface area contributed by atoms with Crippen molar-refractivity contribution in [3.8, 4) is 17.0 Å². The van der Waals surface area contributed by atoms with Crippen LogP contribution in [0.25, 0.3) is 32.9 Å². The average molecular weight is 591 g/mol. The summed E-state index contributed by atoms with van der Waals surface area (Å²) in [5.74, 6) is -0.425. The predicted octanol–water partition coefficient (Wildman–Crippen LogP) is 4.61. The van der Waals surface area contributed by atoms with Crippen LogP contribution in [0.15, 0.2) is 37.1 Å². The van der Waals surface area contributed by atoms with Gasteiger partial charge in [0, 0.05) is 54.1 Å². The van der Waals surface area contributed by atoms with Gasteiger partial charge in [-0.15, -0.1) is 0 Å². The zero-order chi connectivity index (χ0) is 30.3. The summed E-state index contributed by atoms with van der Waals surface area (Å²) >= 11 is 6.97. The predicted molar refractivity (Wildman–Crippen MR) is 164 cm³/mol. The first-order valence-corrected chi connectivity index (χ1v) is 14.5. The maximum atomic E-state index is 17.0. The van der Waals surface area contributed by atoms with E-state index in [9.17, 15) is 6.17 Å². The van der Waals surface area contributed by atoms with Gasteiger partial charge >= 0.3 is 0 Å². The number of aromatic nitrogens is 3. The molecule has 2 aromatic carbocycles. The van der Waals surface area contributed by atoms with Gasteiger partial charge in [-0.2, -0.15) is 5.10 Å². The minimum atomic E-state index is -0.818. The lowest BCUT2D eigenvalue weighted by atomic mass is 9.93. The number of carbonyl (C=O) groups excluding carboxylic acids is 1. The number of anilines is 2. The Labute approximate surface area is 249 Å². The highest BCUT2D eigenvalue weighted by molar-refractivity contribution is 6.35. The van der Waals surface area contributed by atoms with E-state index in [0.717, 1.165) is 16.6 Å². The molecule has 1 unspecified atom stereocenters. The Hall–Kier alpha value is -3.89. The van der Waals surface area contributed by atoms with Crippen LogP contribution in [0, 0.1) is 12.7 Å². The van der Waals surface area contributed by atoms with E-state index in [1.54, 1.807) is 17.2 Å². The second kappa shape index (κ2) is 9.84. The summed E-state index contributed by atoms with van der Waals surface area (Å²) < 4.78 is 32.7. The number of hydrogen-bond acceptors (Lipinski definition) is 7. The molecule has 0 saturated carbocycles. The molecule has 3 aliphatic heterocycles. The number of aromatic amines is 1. The smallest absolute Gasteiger partial charge is 0.246 e. The van der Waals surface area contributed by atoms with Crippen molar-refractivity contribution in [2.45, 2.75) is 32.0 Å². The molecular weight excluding hydrogens is 557 g/mol. The topological polar surface area (TPSA) is 80.8 Å². The van der Waals surface area contributed by atoms with Crippen molar-refractivity contribution < 1.29 is 15.3 Å². The molecule has 7 rings (SSSR count). The van der Waals surface area contributed by atoms with E-state index in [-0.39, 0.29) is 34.2 Å². The Bertz CT molecular complexity index is 1810. The number of nitrogens with one attached hydrogen (secondary N) is 1. The molecule has 218 valence electrons. The van der Waals surface area contributed by atoms with Crippen molar-refractivity contribution >= 4 is 50.7 Å². The monoisotopic (exact) mass is 590 g/mol. The van der Waals surface area contributed by atoms with Crippen LogP contribution in [0.1, 0.15) is 13.9 Å². The Morgan fingerprint density at radius 1 is 1.31 bits per heavy atom. The number of ether oxygens (including phenoxy) is 1. The molecule has 1 saturated heterocycles. The van der Waals surface area contributed by atoms with Crippen molar-refractivity contribution in [1.82, 2.24) is 25.0 Å². The van der Waals surface area contributed by atoms with Crippen LogP contribution >= 0.6 is 11.6 Å². The standard InChI is InChI=1S/C31H33ClFN7O2/c1-6-23(41)39-13-19-12-38-15-20(14-37(4)5)42-31-30(38)29(40(19)11-17(39)3)21-9-22(32)25(26(33)28(21)35-31)24-16(2)7-8-18-10-34-36-27(18)24/h6-10,17,19-20H,1,11-15H2,2-5H3,(H,34,36)/t17-,19-,20-/m1/s1/i11D/t11?,17-,19-,20-. The number of halogens is 2. The third-order valence-electron chi connectivity index (χ3n) is 8.57. The molecule has 4 atom stereocenters. The first kappa shape index (κ1) is 25.8. The van der Waals surface area contributed by atoms with Crippen LogP contribution in [-0.2, 0) is 4.79 Å². The number of amides is 1. The Morgan fingerprint density at radius 3 is 2.88 bits per heavy atom. The molecule has 0 spiro atoms. The van der Waals surface area contributed by atoms with Crippen LogP contribution in [0.4, 0.5) is 15.8 Å². The van der Waals surface area contributed by atoms with E-state index in [2.05, 4.69) is 21.7 Å². The van der Waals surface area contributed by atoms with Gasteiger partial charge in [-0.1, -0.05) is 30.3 Å². The molecule has 11 heteroatoms. The molecule has 1 amide bonds. The van der Waals surface area contributed by atoms with E-state index in [1.807, 2.05) is 49.9 Å². The van der Waals surface area contributed by atoms with E-state index in [4.69, 9.17) is 21.3 Å². The van der Waals surface area contributed by atoms with Gasteiger partial charge in [0.2, 0.25) is 11.8 Å². The molecule has 1 fully saturated rings. The molecule has 5 heterocycles. The lowest BCUT2D eigenvalue weighted by Gasteiger charge is -2.53. The van der Waals surface area contributed by atoms with Gasteiger partial charge in [-0.05, 0) is 45.6 Å². The zero-order valence-electron chi connectivity index (χ0n) is 25.0. The number of nitrogens with zero attached hydrogens (tertiary/aromatic N) is 6. The van der Waals surface area contributed by atoms with Crippen LogP contribution in [0.5, 0.6) is 5.88 Å². The number of hydrogen-bond donors (Lipinski definition) is 1. The van der Waals surface area contributed by atoms with Crippen molar-refractivity contribution in [2.75, 3.05) is 56.6 Å². The molecule has 0 radical (unpaired) electrons. The van der Waals surface area contributed by atoms with Gasteiger partial charge in [0.05, 0.1) is 36.4 Å². The average Bonchev–Trinajstić information content (AvgIpc) is 3.44. The van der Waals surface area contributed by atoms with E-state index < -0.39 is 18.4 Å². The minimum Gasteiger partial charge on any atom is -0.470 e. The highest BCUT2D eigenvalue weighted by Gasteiger charge is 2.44. The highest BCUT2D eigenvalue weighted by atomic mass is 35.5. The third kappa shape index (κ3) is 4.03. The normalized spacial score (nSPS) is 23.6. The van der Waals surface area contributed by atoms with Gasteiger partial charge in [-0.3, -0.25) is 9.89 Å². The van der Waals surface area contributed by atoms with Gasteiger partial charge in [0.1, 0.15) is 17.3 Å². The molecule has 2 aromatic heterocycles. The second-order valence-electron chi connectivity index (χ2n) is 11.7. The van der Waals surface area contributed by atoms with Gasteiger partial charge < -0.3 is 24.3 Å². The minimum absolute atomic E-state index is 0.125. The number of fused-ring (bicyclic) bond motifs is 5. The molecule has 42 heavy (non-hydrogen) atoms. The first-order chi connectivity index (χ1) is 20.6. The first-order valence-electron chi connectivity index (χ1n) is 14.7. The lowest BCUT2D eigenvalue weighted by Crippen LogP contribution is -2.65. The molecule has 4 aromatic rings. The maximum Gasteiger partial charge on any atom is 0.246 e. The van der Waals surface area contributed by atoms with Crippen LogP contribution < -0.4 is 14.5 Å². The number of piperazine rings is 1. The number of carbonyl (C=O) groups is 1. The lowest BCUT2D eigenvalue weighted by molar-refractivity contribution is -0.128. The summed E-state index contributed by atoms with van der Waals surface area (Å²) in [6.45, 7) is 8.84. The molecular formula is C31H33ClFN7O2. The van der Waals surface area contributed by atoms with Crippen molar-refractivity contribution in [3.05, 3.63) is 53.5 Å². The fourth-order valence-corrected chi connectivity index (χ4v) is 7.05. The molecule has 0 aliphatic carbocycles. The molecule has 3 aliphatic rings. The highest BCUT2D eigenvalue weighted by Crippen LogP contribution is 2.51. The number of benzene rings is 2. The van der Waals surface area contributed by atoms with Gasteiger partial charge in [0.25, 0.3) is 0 Å². The van der Waals surface area contributed by atoms with E-state index >= 15 is 4.39 Å².